The summed E-state index contributed by atoms with van der Waals surface area (Å²) < 4.78 is 0. The van der Waals surface area contributed by atoms with Gasteiger partial charge in [-0.15, -0.1) is 24.0 Å². The monoisotopic (exact) mass is 509 g/mol. The van der Waals surface area contributed by atoms with E-state index in [4.69, 9.17) is 0 Å². The van der Waals surface area contributed by atoms with Crippen molar-refractivity contribution in [3.63, 3.8) is 0 Å². The third kappa shape index (κ3) is 6.81. The summed E-state index contributed by atoms with van der Waals surface area (Å²) >= 11 is 0. The van der Waals surface area contributed by atoms with Crippen molar-refractivity contribution in [3.8, 4) is 0 Å². The lowest BCUT2D eigenvalue weighted by atomic mass is 10.2. The third-order valence-electron chi connectivity index (χ3n) is 5.21. The molecule has 0 bridgehead atoms. The van der Waals surface area contributed by atoms with Crippen molar-refractivity contribution in [2.45, 2.75) is 19.5 Å². The maximum Gasteiger partial charge on any atom is 0.225 e. The predicted molar refractivity (Wildman–Crippen MR) is 130 cm³/mol. The minimum atomic E-state index is 0. The average molecular weight is 509 g/mol. The van der Waals surface area contributed by atoms with Crippen molar-refractivity contribution >= 4 is 35.9 Å². The van der Waals surface area contributed by atoms with Crippen LogP contribution in [0.4, 0.5) is 5.95 Å². The molecule has 1 aliphatic rings. The largest absolute Gasteiger partial charge is 0.355 e. The summed E-state index contributed by atoms with van der Waals surface area (Å²) in [5.74, 6) is 1.77. The molecule has 7 nitrogen and oxygen atoms in total. The molecule has 2 heterocycles. The number of aliphatic imine (C=N–C) groups is 1. The number of guanidine groups is 1. The molecule has 1 atom stereocenters. The van der Waals surface area contributed by atoms with Crippen molar-refractivity contribution in [1.29, 1.82) is 0 Å². The molecule has 1 aromatic carbocycles. The summed E-state index contributed by atoms with van der Waals surface area (Å²) in [6.45, 7) is 7.66. The summed E-state index contributed by atoms with van der Waals surface area (Å²) in [4.78, 5) is 20.1. The normalized spacial score (nSPS) is 15.8. The van der Waals surface area contributed by atoms with E-state index in [2.05, 4.69) is 79.3 Å². The molecule has 0 radical (unpaired) electrons. The molecule has 158 valence electrons. The SMILES string of the molecule is CN=C(NCC(C)N(C)Cc1ccccc1)N1CCN(c2ncccn2)CC1.I. The number of nitrogens with zero attached hydrogens (tertiary/aromatic N) is 6. The zero-order valence-corrected chi connectivity index (χ0v) is 19.9. The standard InChI is InChI=1S/C21H31N7.HI/c1-18(26(3)17-19-8-5-4-6-9-19)16-25-20(22-2)27-12-14-28(15-13-27)21-23-10-7-11-24-21;/h4-11,18H,12-17H2,1-3H3,(H,22,25);1H. The molecule has 1 saturated heterocycles. The van der Waals surface area contributed by atoms with E-state index in [1.165, 1.54) is 5.56 Å². The molecule has 8 heteroatoms. The molecule has 0 spiro atoms. The Bertz CT molecular complexity index is 733. The molecule has 2 aromatic rings. The molecular formula is C21H32IN7. The topological polar surface area (TPSA) is 59.9 Å². The Kier molecular flexibility index (Phi) is 9.59. The number of hydrogen-bond acceptors (Lipinski definition) is 5. The Balaban J connectivity index is 0.00000300. The fourth-order valence-electron chi connectivity index (χ4n) is 3.33. The molecule has 1 aliphatic heterocycles. The summed E-state index contributed by atoms with van der Waals surface area (Å²) in [6, 6.07) is 12.8. The first-order valence-corrected chi connectivity index (χ1v) is 9.89. The van der Waals surface area contributed by atoms with E-state index in [0.717, 1.165) is 51.2 Å². The minimum absolute atomic E-state index is 0. The number of halogens is 1. The first kappa shape index (κ1) is 23.3. The number of anilines is 1. The van der Waals surface area contributed by atoms with Gasteiger partial charge in [-0.05, 0) is 25.6 Å². The van der Waals surface area contributed by atoms with Crippen molar-refractivity contribution in [1.82, 2.24) is 25.1 Å². The summed E-state index contributed by atoms with van der Waals surface area (Å²) in [5.41, 5.74) is 1.33. The second kappa shape index (κ2) is 11.9. The van der Waals surface area contributed by atoms with E-state index >= 15 is 0 Å². The Hall–Kier alpha value is -1.94. The Morgan fingerprint density at radius 3 is 2.38 bits per heavy atom. The van der Waals surface area contributed by atoms with Gasteiger partial charge >= 0.3 is 0 Å². The van der Waals surface area contributed by atoms with E-state index < -0.39 is 0 Å². The lowest BCUT2D eigenvalue weighted by Gasteiger charge is -2.37. The van der Waals surface area contributed by atoms with Gasteiger partial charge in [-0.2, -0.15) is 0 Å². The zero-order chi connectivity index (χ0) is 19.8. The van der Waals surface area contributed by atoms with Gasteiger partial charge in [0.15, 0.2) is 5.96 Å². The second-order valence-electron chi connectivity index (χ2n) is 7.20. The van der Waals surface area contributed by atoms with Crippen LogP contribution < -0.4 is 10.2 Å². The van der Waals surface area contributed by atoms with Crippen LogP contribution in [-0.4, -0.2) is 78.6 Å². The molecule has 3 rings (SSSR count). The highest BCUT2D eigenvalue weighted by atomic mass is 127. The van der Waals surface area contributed by atoms with Crippen LogP contribution in [0, 0.1) is 0 Å². The smallest absolute Gasteiger partial charge is 0.225 e. The molecular weight excluding hydrogens is 477 g/mol. The van der Waals surface area contributed by atoms with Gasteiger partial charge in [-0.25, -0.2) is 9.97 Å². The fraction of sp³-hybridized carbons (Fsp3) is 0.476. The van der Waals surface area contributed by atoms with Gasteiger partial charge in [-0.3, -0.25) is 9.89 Å². The van der Waals surface area contributed by atoms with Crippen molar-refractivity contribution in [3.05, 3.63) is 54.4 Å². The molecule has 1 fully saturated rings. The highest BCUT2D eigenvalue weighted by molar-refractivity contribution is 14.0. The first-order chi connectivity index (χ1) is 13.7. The van der Waals surface area contributed by atoms with Crippen molar-refractivity contribution in [2.24, 2.45) is 4.99 Å². The van der Waals surface area contributed by atoms with Crippen LogP contribution in [0.2, 0.25) is 0 Å². The van der Waals surface area contributed by atoms with E-state index in [-0.39, 0.29) is 24.0 Å². The van der Waals surface area contributed by atoms with Crippen molar-refractivity contribution < 1.29 is 0 Å². The van der Waals surface area contributed by atoms with Crippen molar-refractivity contribution in [2.75, 3.05) is 51.7 Å². The van der Waals surface area contributed by atoms with Gasteiger partial charge in [-0.1, -0.05) is 30.3 Å². The van der Waals surface area contributed by atoms with Gasteiger partial charge in [0.1, 0.15) is 0 Å². The van der Waals surface area contributed by atoms with E-state index in [1.807, 2.05) is 13.1 Å². The highest BCUT2D eigenvalue weighted by Gasteiger charge is 2.21. The van der Waals surface area contributed by atoms with Gasteiger partial charge in [0.05, 0.1) is 0 Å². The quantitative estimate of drug-likeness (QED) is 0.367. The Morgan fingerprint density at radius 1 is 1.10 bits per heavy atom. The lowest BCUT2D eigenvalue weighted by Crippen LogP contribution is -2.54. The van der Waals surface area contributed by atoms with E-state index in [1.54, 1.807) is 12.4 Å². The van der Waals surface area contributed by atoms with Gasteiger partial charge in [0, 0.05) is 64.8 Å². The van der Waals surface area contributed by atoms with Crippen LogP contribution in [0.15, 0.2) is 53.8 Å². The minimum Gasteiger partial charge on any atom is -0.355 e. The molecule has 0 amide bonds. The second-order valence-corrected chi connectivity index (χ2v) is 7.20. The number of benzene rings is 1. The number of rotatable bonds is 6. The fourth-order valence-corrected chi connectivity index (χ4v) is 3.33. The summed E-state index contributed by atoms with van der Waals surface area (Å²) in [6.07, 6.45) is 3.59. The van der Waals surface area contributed by atoms with E-state index in [0.29, 0.717) is 6.04 Å². The van der Waals surface area contributed by atoms with E-state index in [9.17, 15) is 0 Å². The van der Waals surface area contributed by atoms with Crippen LogP contribution >= 0.6 is 24.0 Å². The lowest BCUT2D eigenvalue weighted by molar-refractivity contribution is 0.246. The van der Waals surface area contributed by atoms with Crippen LogP contribution in [0.3, 0.4) is 0 Å². The molecule has 0 saturated carbocycles. The van der Waals surface area contributed by atoms with Gasteiger partial charge < -0.3 is 15.1 Å². The van der Waals surface area contributed by atoms with Gasteiger partial charge in [0.25, 0.3) is 0 Å². The summed E-state index contributed by atoms with van der Waals surface area (Å²) in [7, 11) is 4.02. The number of aromatic nitrogens is 2. The number of likely N-dealkylation sites (N-methyl/N-ethyl adjacent to an activating group) is 1. The average Bonchev–Trinajstić information content (AvgIpc) is 2.76. The molecule has 1 aromatic heterocycles. The molecule has 1 unspecified atom stereocenters. The number of hydrogen-bond donors (Lipinski definition) is 1. The van der Waals surface area contributed by atoms with Crippen LogP contribution in [0.1, 0.15) is 12.5 Å². The van der Waals surface area contributed by atoms with Crippen LogP contribution in [0.5, 0.6) is 0 Å². The maximum absolute atomic E-state index is 4.49. The summed E-state index contributed by atoms with van der Waals surface area (Å²) in [5, 5.41) is 3.54. The molecule has 1 N–H and O–H groups in total. The zero-order valence-electron chi connectivity index (χ0n) is 17.5. The highest BCUT2D eigenvalue weighted by Crippen LogP contribution is 2.10. The number of piperazine rings is 1. The number of nitrogens with one attached hydrogen (secondary N) is 1. The molecule has 0 aliphatic carbocycles. The Morgan fingerprint density at radius 2 is 1.76 bits per heavy atom. The van der Waals surface area contributed by atoms with Crippen LogP contribution in [0.25, 0.3) is 0 Å². The Labute approximate surface area is 191 Å². The van der Waals surface area contributed by atoms with Crippen LogP contribution in [-0.2, 0) is 6.54 Å². The maximum atomic E-state index is 4.49. The third-order valence-corrected chi connectivity index (χ3v) is 5.21. The molecule has 29 heavy (non-hydrogen) atoms. The van der Waals surface area contributed by atoms with Gasteiger partial charge in [0.2, 0.25) is 5.95 Å². The first-order valence-electron chi connectivity index (χ1n) is 9.89. The predicted octanol–water partition coefficient (Wildman–Crippen LogP) is 2.31.